The van der Waals surface area contributed by atoms with Crippen molar-refractivity contribution in [3.05, 3.63) is 29.8 Å². The van der Waals surface area contributed by atoms with Gasteiger partial charge in [-0.3, -0.25) is 0 Å². The van der Waals surface area contributed by atoms with Crippen molar-refractivity contribution >= 4 is 10.0 Å². The number of hydrogen-bond donors (Lipinski definition) is 2. The molecular formula is C9H10N4O2S. The topological polar surface area (TPSA) is 102 Å². The maximum atomic E-state index is 11.0. The van der Waals surface area contributed by atoms with Crippen molar-refractivity contribution in [3.63, 3.8) is 0 Å². The molecule has 0 spiro atoms. The van der Waals surface area contributed by atoms with Crippen LogP contribution in [0.3, 0.4) is 0 Å². The minimum atomic E-state index is -3.83. The molecule has 0 saturated carbocycles. The SMILES string of the molecule is Cc1ccc(-c2n[nH]c(S(N)(=O)=O)n2)cc1. The van der Waals surface area contributed by atoms with E-state index < -0.39 is 10.0 Å². The van der Waals surface area contributed by atoms with Crippen LogP contribution in [0.25, 0.3) is 11.4 Å². The Labute approximate surface area is 92.6 Å². The first kappa shape index (κ1) is 10.8. The third-order valence-corrected chi connectivity index (χ3v) is 2.77. The summed E-state index contributed by atoms with van der Waals surface area (Å²) < 4.78 is 22.0. The molecule has 2 aromatic rings. The zero-order chi connectivity index (χ0) is 11.8. The Kier molecular flexibility index (Phi) is 2.49. The first-order valence-corrected chi connectivity index (χ1v) is 6.04. The Morgan fingerprint density at radius 3 is 2.38 bits per heavy atom. The van der Waals surface area contributed by atoms with Gasteiger partial charge in [-0.1, -0.05) is 29.8 Å². The maximum Gasteiger partial charge on any atom is 0.273 e. The molecule has 1 aromatic carbocycles. The molecule has 0 saturated heterocycles. The number of benzene rings is 1. The molecule has 2 rings (SSSR count). The van der Waals surface area contributed by atoms with Gasteiger partial charge in [0, 0.05) is 5.56 Å². The zero-order valence-electron chi connectivity index (χ0n) is 8.51. The normalized spacial score (nSPS) is 11.6. The van der Waals surface area contributed by atoms with E-state index in [1.807, 2.05) is 31.2 Å². The maximum absolute atomic E-state index is 11.0. The Balaban J connectivity index is 2.43. The van der Waals surface area contributed by atoms with Crippen LogP contribution in [0, 0.1) is 6.92 Å². The Hall–Kier alpha value is -1.73. The molecule has 3 N–H and O–H groups in total. The van der Waals surface area contributed by atoms with E-state index in [9.17, 15) is 8.42 Å². The molecule has 0 atom stereocenters. The van der Waals surface area contributed by atoms with Crippen molar-refractivity contribution in [1.29, 1.82) is 0 Å². The number of hydrogen-bond acceptors (Lipinski definition) is 4. The minimum Gasteiger partial charge on any atom is -0.248 e. The van der Waals surface area contributed by atoms with Gasteiger partial charge in [0.05, 0.1) is 0 Å². The molecular weight excluding hydrogens is 228 g/mol. The van der Waals surface area contributed by atoms with Crippen LogP contribution in [0.4, 0.5) is 0 Å². The summed E-state index contributed by atoms with van der Waals surface area (Å²) in [5.41, 5.74) is 1.84. The van der Waals surface area contributed by atoms with Gasteiger partial charge >= 0.3 is 0 Å². The molecule has 16 heavy (non-hydrogen) atoms. The van der Waals surface area contributed by atoms with Gasteiger partial charge in [-0.25, -0.2) is 18.7 Å². The molecule has 0 fully saturated rings. The summed E-state index contributed by atoms with van der Waals surface area (Å²) in [7, 11) is -3.83. The second-order valence-corrected chi connectivity index (χ2v) is 4.85. The predicted molar refractivity (Wildman–Crippen MR) is 57.9 cm³/mol. The van der Waals surface area contributed by atoms with Crippen LogP contribution in [0.1, 0.15) is 5.56 Å². The van der Waals surface area contributed by atoms with Gasteiger partial charge in [0.25, 0.3) is 15.2 Å². The zero-order valence-corrected chi connectivity index (χ0v) is 9.32. The Bertz CT molecular complexity index is 601. The van der Waals surface area contributed by atoms with Crippen LogP contribution in [0.5, 0.6) is 0 Å². The number of aromatic amines is 1. The fraction of sp³-hybridized carbons (Fsp3) is 0.111. The summed E-state index contributed by atoms with van der Waals surface area (Å²) in [5, 5.41) is 10.7. The lowest BCUT2D eigenvalue weighted by molar-refractivity contribution is 0.589. The lowest BCUT2D eigenvalue weighted by Crippen LogP contribution is -2.13. The monoisotopic (exact) mass is 238 g/mol. The van der Waals surface area contributed by atoms with Crippen molar-refractivity contribution in [2.45, 2.75) is 12.1 Å². The van der Waals surface area contributed by atoms with E-state index in [1.165, 1.54) is 0 Å². The highest BCUT2D eigenvalue weighted by molar-refractivity contribution is 7.89. The van der Waals surface area contributed by atoms with Crippen LogP contribution in [0.15, 0.2) is 29.4 Å². The molecule has 0 aliphatic rings. The number of aromatic nitrogens is 3. The van der Waals surface area contributed by atoms with E-state index >= 15 is 0 Å². The molecule has 6 nitrogen and oxygen atoms in total. The van der Waals surface area contributed by atoms with Crippen molar-refractivity contribution in [3.8, 4) is 11.4 Å². The van der Waals surface area contributed by atoms with Gasteiger partial charge in [0.2, 0.25) is 0 Å². The molecule has 0 aliphatic carbocycles. The van der Waals surface area contributed by atoms with Crippen LogP contribution in [0.2, 0.25) is 0 Å². The summed E-state index contributed by atoms with van der Waals surface area (Å²) in [6.45, 7) is 1.96. The minimum absolute atomic E-state index is 0.309. The fourth-order valence-corrected chi connectivity index (χ4v) is 1.59. The van der Waals surface area contributed by atoms with Gasteiger partial charge in [-0.2, -0.15) is 10.1 Å². The molecule has 0 radical (unpaired) electrons. The summed E-state index contributed by atoms with van der Waals surface area (Å²) >= 11 is 0. The number of rotatable bonds is 2. The number of nitrogens with one attached hydrogen (secondary N) is 1. The fourth-order valence-electron chi connectivity index (χ4n) is 1.21. The van der Waals surface area contributed by atoms with Gasteiger partial charge in [-0.15, -0.1) is 0 Å². The lowest BCUT2D eigenvalue weighted by Gasteiger charge is -1.95. The molecule has 7 heteroatoms. The van der Waals surface area contributed by atoms with Gasteiger partial charge in [0.1, 0.15) is 0 Å². The van der Waals surface area contributed by atoms with Gasteiger partial charge in [0.15, 0.2) is 5.82 Å². The molecule has 1 aromatic heterocycles. The highest BCUT2D eigenvalue weighted by Crippen LogP contribution is 2.15. The van der Waals surface area contributed by atoms with E-state index in [-0.39, 0.29) is 5.16 Å². The van der Waals surface area contributed by atoms with Gasteiger partial charge < -0.3 is 0 Å². The van der Waals surface area contributed by atoms with Crippen LogP contribution in [-0.4, -0.2) is 23.6 Å². The third kappa shape index (κ3) is 2.10. The molecule has 1 heterocycles. The van der Waals surface area contributed by atoms with Crippen molar-refractivity contribution < 1.29 is 8.42 Å². The van der Waals surface area contributed by atoms with Crippen LogP contribution in [-0.2, 0) is 10.0 Å². The quantitative estimate of drug-likeness (QED) is 0.791. The first-order chi connectivity index (χ1) is 7.47. The number of nitrogens with zero attached hydrogens (tertiary/aromatic N) is 2. The lowest BCUT2D eigenvalue weighted by atomic mass is 10.1. The number of H-pyrrole nitrogens is 1. The predicted octanol–water partition coefficient (Wildman–Crippen LogP) is 0.428. The van der Waals surface area contributed by atoms with Crippen LogP contribution >= 0.6 is 0 Å². The molecule has 0 aliphatic heterocycles. The summed E-state index contributed by atoms with van der Waals surface area (Å²) in [5.74, 6) is 0.309. The third-order valence-electron chi connectivity index (χ3n) is 2.04. The number of nitrogens with two attached hydrogens (primary N) is 1. The Morgan fingerprint density at radius 2 is 1.88 bits per heavy atom. The summed E-state index contributed by atoms with van der Waals surface area (Å²) in [6.07, 6.45) is 0. The van der Waals surface area contributed by atoms with Crippen molar-refractivity contribution in [1.82, 2.24) is 15.2 Å². The standard InChI is InChI=1S/C9H10N4O2S/c1-6-2-4-7(5-3-6)8-11-9(13-12-8)16(10,14)15/h2-5H,1H3,(H2,10,14,15)(H,11,12,13). The number of aryl methyl sites for hydroxylation is 1. The molecule has 0 unspecified atom stereocenters. The smallest absolute Gasteiger partial charge is 0.248 e. The number of sulfonamides is 1. The van der Waals surface area contributed by atoms with E-state index in [2.05, 4.69) is 15.2 Å². The highest BCUT2D eigenvalue weighted by Gasteiger charge is 2.14. The average Bonchev–Trinajstić information content (AvgIpc) is 2.67. The molecule has 0 amide bonds. The van der Waals surface area contributed by atoms with Gasteiger partial charge in [-0.05, 0) is 6.92 Å². The summed E-state index contributed by atoms with van der Waals surface area (Å²) in [6, 6.07) is 7.40. The van der Waals surface area contributed by atoms with E-state index in [1.54, 1.807) is 0 Å². The second kappa shape index (κ2) is 3.69. The molecule has 0 bridgehead atoms. The summed E-state index contributed by atoms with van der Waals surface area (Å²) in [4.78, 5) is 3.80. The highest BCUT2D eigenvalue weighted by atomic mass is 32.2. The Morgan fingerprint density at radius 1 is 1.25 bits per heavy atom. The first-order valence-electron chi connectivity index (χ1n) is 4.49. The van der Waals surface area contributed by atoms with E-state index in [0.717, 1.165) is 11.1 Å². The van der Waals surface area contributed by atoms with E-state index in [4.69, 9.17) is 5.14 Å². The van der Waals surface area contributed by atoms with Crippen molar-refractivity contribution in [2.75, 3.05) is 0 Å². The van der Waals surface area contributed by atoms with Crippen LogP contribution < -0.4 is 5.14 Å². The van der Waals surface area contributed by atoms with E-state index in [0.29, 0.717) is 5.82 Å². The largest absolute Gasteiger partial charge is 0.273 e. The average molecular weight is 238 g/mol. The molecule has 84 valence electrons. The van der Waals surface area contributed by atoms with Crippen molar-refractivity contribution in [2.24, 2.45) is 5.14 Å². The number of primary sulfonamides is 1. The second-order valence-electron chi connectivity index (χ2n) is 3.38.